The van der Waals surface area contributed by atoms with Gasteiger partial charge in [-0.15, -0.1) is 0 Å². The summed E-state index contributed by atoms with van der Waals surface area (Å²) in [5.74, 6) is 0.631. The summed E-state index contributed by atoms with van der Waals surface area (Å²) in [6.07, 6.45) is 5.55. The fourth-order valence-electron chi connectivity index (χ4n) is 3.43. The van der Waals surface area contributed by atoms with Crippen LogP contribution < -0.4 is 5.32 Å². The van der Waals surface area contributed by atoms with E-state index in [-0.39, 0.29) is 0 Å². The van der Waals surface area contributed by atoms with Crippen LogP contribution in [-0.2, 0) is 0 Å². The topological polar surface area (TPSA) is 49.3 Å². The third kappa shape index (κ3) is 1.93. The highest BCUT2D eigenvalue weighted by atomic mass is 16.4. The average Bonchev–Trinajstić information content (AvgIpc) is 2.86. The number of carboxylic acids is 1. The Morgan fingerprint density at radius 2 is 2.21 bits per heavy atom. The fourth-order valence-corrected chi connectivity index (χ4v) is 3.43. The molecule has 0 amide bonds. The summed E-state index contributed by atoms with van der Waals surface area (Å²) in [6.45, 7) is 4.48. The van der Waals surface area contributed by atoms with Crippen LogP contribution in [0.15, 0.2) is 30.4 Å². The van der Waals surface area contributed by atoms with Gasteiger partial charge in [-0.1, -0.05) is 26.0 Å². The average molecular weight is 257 g/mol. The standard InChI is InChI=1S/C16H19NO2/c1-9(2)15-12-5-3-4-11(12)13-8-10(16(18)19)6-7-14(13)17-15/h3-4,6-9,11-12,15,17H,5H2,1-2H3,(H,18,19)/t11-,12-,15+/m0/s1. The Balaban J connectivity index is 2.05. The van der Waals surface area contributed by atoms with Gasteiger partial charge in [-0.25, -0.2) is 4.79 Å². The van der Waals surface area contributed by atoms with E-state index in [1.54, 1.807) is 6.07 Å². The molecule has 0 unspecified atom stereocenters. The van der Waals surface area contributed by atoms with E-state index in [2.05, 4.69) is 31.3 Å². The summed E-state index contributed by atoms with van der Waals surface area (Å²) in [5.41, 5.74) is 2.61. The first-order chi connectivity index (χ1) is 9.08. The second-order valence-corrected chi connectivity index (χ2v) is 5.87. The molecule has 3 nitrogen and oxygen atoms in total. The summed E-state index contributed by atoms with van der Waals surface area (Å²) in [6, 6.07) is 5.89. The van der Waals surface area contributed by atoms with Crippen LogP contribution in [0.25, 0.3) is 0 Å². The van der Waals surface area contributed by atoms with Gasteiger partial charge in [0.25, 0.3) is 0 Å². The highest BCUT2D eigenvalue weighted by molar-refractivity contribution is 5.88. The molecule has 2 aliphatic rings. The Morgan fingerprint density at radius 1 is 1.42 bits per heavy atom. The molecule has 1 heterocycles. The number of rotatable bonds is 2. The van der Waals surface area contributed by atoms with E-state index in [1.807, 2.05) is 12.1 Å². The minimum Gasteiger partial charge on any atom is -0.478 e. The molecule has 0 spiro atoms. The first-order valence-electron chi connectivity index (χ1n) is 6.88. The van der Waals surface area contributed by atoms with Gasteiger partial charge >= 0.3 is 5.97 Å². The quantitative estimate of drug-likeness (QED) is 0.797. The summed E-state index contributed by atoms with van der Waals surface area (Å²) < 4.78 is 0. The third-order valence-electron chi connectivity index (χ3n) is 4.37. The van der Waals surface area contributed by atoms with Crippen LogP contribution in [0.4, 0.5) is 5.69 Å². The smallest absolute Gasteiger partial charge is 0.335 e. The summed E-state index contributed by atoms with van der Waals surface area (Å²) >= 11 is 0. The maximum Gasteiger partial charge on any atom is 0.335 e. The minimum absolute atomic E-state index is 0.364. The summed E-state index contributed by atoms with van der Waals surface area (Å²) in [4.78, 5) is 11.1. The molecule has 19 heavy (non-hydrogen) atoms. The van der Waals surface area contributed by atoms with Gasteiger partial charge in [0.05, 0.1) is 5.56 Å². The molecule has 0 aromatic heterocycles. The number of hydrogen-bond acceptors (Lipinski definition) is 2. The van der Waals surface area contributed by atoms with Crippen molar-refractivity contribution in [2.24, 2.45) is 11.8 Å². The van der Waals surface area contributed by atoms with Crippen LogP contribution in [0.2, 0.25) is 0 Å². The molecule has 1 aliphatic heterocycles. The van der Waals surface area contributed by atoms with Gasteiger partial charge in [0.1, 0.15) is 0 Å². The van der Waals surface area contributed by atoms with Crippen molar-refractivity contribution in [1.82, 2.24) is 0 Å². The van der Waals surface area contributed by atoms with E-state index in [9.17, 15) is 4.79 Å². The van der Waals surface area contributed by atoms with Crippen LogP contribution in [0.1, 0.15) is 42.1 Å². The van der Waals surface area contributed by atoms with Gasteiger partial charge < -0.3 is 10.4 Å². The lowest BCUT2D eigenvalue weighted by Crippen LogP contribution is -2.39. The van der Waals surface area contributed by atoms with Crippen molar-refractivity contribution in [2.75, 3.05) is 5.32 Å². The summed E-state index contributed by atoms with van der Waals surface area (Å²) in [5, 5.41) is 12.7. The molecule has 0 fully saturated rings. The van der Waals surface area contributed by atoms with Crippen LogP contribution in [0.5, 0.6) is 0 Å². The highest BCUT2D eigenvalue weighted by Gasteiger charge is 2.38. The van der Waals surface area contributed by atoms with Crippen molar-refractivity contribution in [1.29, 1.82) is 0 Å². The Kier molecular flexibility index (Phi) is 2.85. The molecule has 3 heteroatoms. The van der Waals surface area contributed by atoms with E-state index >= 15 is 0 Å². The molecule has 0 saturated heterocycles. The van der Waals surface area contributed by atoms with Crippen LogP contribution >= 0.6 is 0 Å². The zero-order valence-electron chi connectivity index (χ0n) is 11.3. The maximum absolute atomic E-state index is 11.1. The second-order valence-electron chi connectivity index (χ2n) is 5.87. The SMILES string of the molecule is CC(C)[C@H]1Nc2ccc(C(=O)O)cc2[C@H]2C=CC[C@@H]21. The lowest BCUT2D eigenvalue weighted by Gasteiger charge is -2.39. The van der Waals surface area contributed by atoms with Gasteiger partial charge in [-0.3, -0.25) is 0 Å². The number of aromatic carboxylic acids is 1. The molecule has 0 radical (unpaired) electrons. The largest absolute Gasteiger partial charge is 0.478 e. The van der Waals surface area contributed by atoms with Crippen molar-refractivity contribution in [3.8, 4) is 0 Å². The van der Waals surface area contributed by atoms with E-state index in [0.29, 0.717) is 29.4 Å². The molecule has 1 aromatic rings. The number of carboxylic acid groups (broad SMARTS) is 1. The van der Waals surface area contributed by atoms with Crippen LogP contribution in [-0.4, -0.2) is 17.1 Å². The third-order valence-corrected chi connectivity index (χ3v) is 4.37. The predicted octanol–water partition coefficient (Wildman–Crippen LogP) is 3.49. The molecule has 1 aliphatic carbocycles. The first kappa shape index (κ1) is 12.3. The van der Waals surface area contributed by atoms with Gasteiger partial charge in [-0.05, 0) is 42.0 Å². The molecular formula is C16H19NO2. The van der Waals surface area contributed by atoms with Crippen molar-refractivity contribution in [3.05, 3.63) is 41.5 Å². The number of carbonyl (C=O) groups is 1. The molecule has 1 aromatic carbocycles. The first-order valence-corrected chi connectivity index (χ1v) is 6.88. The summed E-state index contributed by atoms with van der Waals surface area (Å²) in [7, 11) is 0. The highest BCUT2D eigenvalue weighted by Crippen LogP contribution is 2.46. The Labute approximate surface area is 113 Å². The van der Waals surface area contributed by atoms with Crippen LogP contribution in [0.3, 0.4) is 0 Å². The minimum atomic E-state index is -0.854. The van der Waals surface area contributed by atoms with E-state index in [0.717, 1.165) is 17.7 Å². The van der Waals surface area contributed by atoms with Crippen molar-refractivity contribution >= 4 is 11.7 Å². The molecular weight excluding hydrogens is 238 g/mol. The van der Waals surface area contributed by atoms with Gasteiger partial charge in [0, 0.05) is 17.6 Å². The van der Waals surface area contributed by atoms with Gasteiger partial charge in [0.2, 0.25) is 0 Å². The molecule has 0 saturated carbocycles. The monoisotopic (exact) mass is 257 g/mol. The van der Waals surface area contributed by atoms with Gasteiger partial charge in [0.15, 0.2) is 0 Å². The zero-order valence-corrected chi connectivity index (χ0v) is 11.3. The van der Waals surface area contributed by atoms with Crippen LogP contribution in [0, 0.1) is 11.8 Å². The maximum atomic E-state index is 11.1. The predicted molar refractivity (Wildman–Crippen MR) is 75.6 cm³/mol. The zero-order chi connectivity index (χ0) is 13.6. The molecule has 0 bridgehead atoms. The molecule has 2 N–H and O–H groups in total. The van der Waals surface area contributed by atoms with E-state index in [4.69, 9.17) is 5.11 Å². The number of fused-ring (bicyclic) bond motifs is 3. The lowest BCUT2D eigenvalue weighted by atomic mass is 9.75. The Hall–Kier alpha value is -1.77. The van der Waals surface area contributed by atoms with Crippen molar-refractivity contribution in [3.63, 3.8) is 0 Å². The fraction of sp³-hybridized carbons (Fsp3) is 0.438. The number of benzene rings is 1. The second kappa shape index (κ2) is 4.41. The normalized spacial score (nSPS) is 27.8. The lowest BCUT2D eigenvalue weighted by molar-refractivity contribution is 0.0696. The number of hydrogen-bond donors (Lipinski definition) is 2. The molecule has 3 atom stereocenters. The molecule has 100 valence electrons. The van der Waals surface area contributed by atoms with Crippen molar-refractivity contribution in [2.45, 2.75) is 32.2 Å². The number of anilines is 1. The Morgan fingerprint density at radius 3 is 2.89 bits per heavy atom. The van der Waals surface area contributed by atoms with Crippen molar-refractivity contribution < 1.29 is 9.90 Å². The van der Waals surface area contributed by atoms with Gasteiger partial charge in [-0.2, -0.15) is 0 Å². The Bertz CT molecular complexity index is 548. The number of allylic oxidation sites excluding steroid dienone is 2. The van der Waals surface area contributed by atoms with E-state index < -0.39 is 5.97 Å². The van der Waals surface area contributed by atoms with E-state index in [1.165, 1.54) is 0 Å². The number of nitrogens with one attached hydrogen (secondary N) is 1. The molecule has 3 rings (SSSR count).